The van der Waals surface area contributed by atoms with Gasteiger partial charge in [-0.15, -0.1) is 0 Å². The van der Waals surface area contributed by atoms with Gasteiger partial charge in [0.05, 0.1) is 12.5 Å². The monoisotopic (exact) mass is 442 g/mol. The zero-order chi connectivity index (χ0) is 23.5. The van der Waals surface area contributed by atoms with E-state index in [4.69, 9.17) is 0 Å². The summed E-state index contributed by atoms with van der Waals surface area (Å²) >= 11 is 0. The van der Waals surface area contributed by atoms with E-state index < -0.39 is 6.10 Å². The molecule has 0 radical (unpaired) electrons. The zero-order valence-corrected chi connectivity index (χ0v) is 20.5. The van der Waals surface area contributed by atoms with Crippen LogP contribution in [0.15, 0.2) is 30.3 Å². The number of amides is 2. The van der Waals surface area contributed by atoms with Crippen molar-refractivity contribution in [2.45, 2.75) is 78.9 Å². The van der Waals surface area contributed by atoms with Crippen LogP contribution in [0.25, 0.3) is 0 Å². The maximum Gasteiger partial charge on any atom is 0.225 e. The van der Waals surface area contributed by atoms with Crippen molar-refractivity contribution in [2.24, 2.45) is 29.1 Å². The lowest BCUT2D eigenvalue weighted by molar-refractivity contribution is -0.150. The molecule has 2 aliphatic rings. The molecule has 7 atom stereocenters. The van der Waals surface area contributed by atoms with Crippen LogP contribution in [0.2, 0.25) is 0 Å². The SMILES string of the molecule is CCN(CC)C(=O)[C@@H](C)C1CC[C@@]2(C)CC[C@H](NC(=O)Cc3ccccc3)[C@@H](C)[C@@H]2[C@H]1O. The normalized spacial score (nSPS) is 33.1. The molecule has 5 nitrogen and oxygen atoms in total. The van der Waals surface area contributed by atoms with Crippen LogP contribution in [0, 0.1) is 29.1 Å². The van der Waals surface area contributed by atoms with E-state index in [2.05, 4.69) is 19.2 Å². The van der Waals surface area contributed by atoms with Gasteiger partial charge in [-0.2, -0.15) is 0 Å². The van der Waals surface area contributed by atoms with Crippen molar-refractivity contribution in [1.29, 1.82) is 0 Å². The van der Waals surface area contributed by atoms with Crippen LogP contribution in [-0.4, -0.2) is 47.1 Å². The Kier molecular flexibility index (Phi) is 8.02. The molecule has 178 valence electrons. The number of hydrogen-bond donors (Lipinski definition) is 2. The van der Waals surface area contributed by atoms with E-state index in [1.54, 1.807) is 0 Å². The third-order valence-electron chi connectivity index (χ3n) is 8.55. The van der Waals surface area contributed by atoms with E-state index in [0.29, 0.717) is 19.5 Å². The number of rotatable bonds is 7. The quantitative estimate of drug-likeness (QED) is 0.670. The van der Waals surface area contributed by atoms with Crippen LogP contribution >= 0.6 is 0 Å². The fourth-order valence-electron chi connectivity index (χ4n) is 6.54. The first-order chi connectivity index (χ1) is 15.2. The maximum atomic E-state index is 13.0. The molecule has 3 rings (SSSR count). The van der Waals surface area contributed by atoms with Gasteiger partial charge in [-0.3, -0.25) is 9.59 Å². The molecule has 0 bridgehead atoms. The van der Waals surface area contributed by atoms with Gasteiger partial charge in [0.2, 0.25) is 11.8 Å². The van der Waals surface area contributed by atoms with Gasteiger partial charge in [-0.25, -0.2) is 0 Å². The van der Waals surface area contributed by atoms with E-state index in [1.165, 1.54) is 0 Å². The van der Waals surface area contributed by atoms with Gasteiger partial charge in [-0.05, 0) is 68.3 Å². The Hall–Kier alpha value is -1.88. The average Bonchev–Trinajstić information content (AvgIpc) is 2.77. The second kappa shape index (κ2) is 10.4. The fraction of sp³-hybridized carbons (Fsp3) is 0.704. The first-order valence-corrected chi connectivity index (χ1v) is 12.5. The first kappa shape index (κ1) is 24.8. The molecule has 2 N–H and O–H groups in total. The summed E-state index contributed by atoms with van der Waals surface area (Å²) in [5.41, 5.74) is 1.08. The van der Waals surface area contributed by atoms with E-state index in [-0.39, 0.29) is 46.9 Å². The molecule has 1 unspecified atom stereocenters. The van der Waals surface area contributed by atoms with Gasteiger partial charge in [-0.1, -0.05) is 51.1 Å². The Balaban J connectivity index is 1.70. The van der Waals surface area contributed by atoms with Gasteiger partial charge in [0, 0.05) is 25.0 Å². The third kappa shape index (κ3) is 5.03. The molecule has 32 heavy (non-hydrogen) atoms. The minimum absolute atomic E-state index is 0.0256. The standard InChI is InChI=1S/C27H42N2O3/c1-6-29(7-2)26(32)18(3)21-13-15-27(5)16-14-22(19(4)24(27)25(21)31)28-23(30)17-20-11-9-8-10-12-20/h8-12,18-19,21-22,24-25,31H,6-7,13-17H2,1-5H3,(H,28,30)/t18-,19+,21?,22-,24+,25-,27-/m0/s1. The molecule has 2 fully saturated rings. The molecule has 5 heteroatoms. The number of aliphatic hydroxyl groups is 1. The summed E-state index contributed by atoms with van der Waals surface area (Å²) in [7, 11) is 0. The second-order valence-electron chi connectivity index (χ2n) is 10.4. The van der Waals surface area contributed by atoms with Crippen molar-refractivity contribution in [3.8, 4) is 0 Å². The van der Waals surface area contributed by atoms with E-state index in [9.17, 15) is 14.7 Å². The predicted octanol–water partition coefficient (Wildman–Crippen LogP) is 4.04. The number of benzene rings is 1. The highest BCUT2D eigenvalue weighted by molar-refractivity contribution is 5.79. The van der Waals surface area contributed by atoms with Crippen LogP contribution in [0.3, 0.4) is 0 Å². The minimum atomic E-state index is -0.521. The lowest BCUT2D eigenvalue weighted by atomic mass is 9.51. The number of nitrogens with one attached hydrogen (secondary N) is 1. The summed E-state index contributed by atoms with van der Waals surface area (Å²) in [5.74, 6) is 0.241. The van der Waals surface area contributed by atoms with E-state index in [0.717, 1.165) is 31.2 Å². The van der Waals surface area contributed by atoms with Gasteiger partial charge in [0.25, 0.3) is 0 Å². The van der Waals surface area contributed by atoms with Crippen LogP contribution in [-0.2, 0) is 16.0 Å². The molecule has 2 saturated carbocycles. The highest BCUT2D eigenvalue weighted by Gasteiger charge is 2.54. The molecule has 1 aromatic carbocycles. The highest BCUT2D eigenvalue weighted by Crippen LogP contribution is 2.55. The highest BCUT2D eigenvalue weighted by atomic mass is 16.3. The summed E-state index contributed by atoms with van der Waals surface area (Å²) in [6.07, 6.45) is 3.73. The van der Waals surface area contributed by atoms with Crippen molar-refractivity contribution >= 4 is 11.8 Å². The first-order valence-electron chi connectivity index (χ1n) is 12.5. The van der Waals surface area contributed by atoms with Crippen molar-refractivity contribution in [2.75, 3.05) is 13.1 Å². The summed E-state index contributed by atoms with van der Waals surface area (Å²) < 4.78 is 0. The van der Waals surface area contributed by atoms with Gasteiger partial charge < -0.3 is 15.3 Å². The molecular weight excluding hydrogens is 400 g/mol. The fourth-order valence-corrected chi connectivity index (χ4v) is 6.54. The molecule has 0 aromatic heterocycles. The number of nitrogens with zero attached hydrogens (tertiary/aromatic N) is 1. The molecule has 2 aliphatic carbocycles. The minimum Gasteiger partial charge on any atom is -0.392 e. The van der Waals surface area contributed by atoms with Crippen molar-refractivity contribution in [1.82, 2.24) is 10.2 Å². The molecule has 0 saturated heterocycles. The van der Waals surface area contributed by atoms with Crippen molar-refractivity contribution < 1.29 is 14.7 Å². The Bertz CT molecular complexity index is 778. The number of aliphatic hydroxyl groups excluding tert-OH is 1. The molecular formula is C27H42N2O3. The Morgan fingerprint density at radius 3 is 2.41 bits per heavy atom. The molecule has 0 spiro atoms. The number of hydrogen-bond acceptors (Lipinski definition) is 3. The molecule has 2 amide bonds. The largest absolute Gasteiger partial charge is 0.392 e. The van der Waals surface area contributed by atoms with Crippen LogP contribution in [0.5, 0.6) is 0 Å². The van der Waals surface area contributed by atoms with Crippen LogP contribution in [0.1, 0.15) is 65.9 Å². The predicted molar refractivity (Wildman–Crippen MR) is 128 cm³/mol. The topological polar surface area (TPSA) is 69.6 Å². The smallest absolute Gasteiger partial charge is 0.225 e. The van der Waals surface area contributed by atoms with Crippen LogP contribution in [0.4, 0.5) is 0 Å². The van der Waals surface area contributed by atoms with Gasteiger partial charge in [0.1, 0.15) is 0 Å². The molecule has 1 aromatic rings. The second-order valence-corrected chi connectivity index (χ2v) is 10.4. The van der Waals surface area contributed by atoms with Gasteiger partial charge in [0.15, 0.2) is 0 Å². The van der Waals surface area contributed by atoms with Crippen molar-refractivity contribution in [3.63, 3.8) is 0 Å². The molecule has 0 heterocycles. The number of fused-ring (bicyclic) bond motifs is 1. The number of carbonyl (C=O) groups excluding carboxylic acids is 2. The lowest BCUT2D eigenvalue weighted by Gasteiger charge is -2.56. The summed E-state index contributed by atoms with van der Waals surface area (Å²) in [4.78, 5) is 27.6. The van der Waals surface area contributed by atoms with Crippen LogP contribution < -0.4 is 5.32 Å². The Labute approximate surface area is 194 Å². The average molecular weight is 443 g/mol. The lowest BCUT2D eigenvalue weighted by Crippen LogP contribution is -2.58. The summed E-state index contributed by atoms with van der Waals surface area (Å²) in [6, 6.07) is 9.88. The molecule has 0 aliphatic heterocycles. The van der Waals surface area contributed by atoms with Crippen molar-refractivity contribution in [3.05, 3.63) is 35.9 Å². The zero-order valence-electron chi connectivity index (χ0n) is 20.5. The number of carbonyl (C=O) groups is 2. The van der Waals surface area contributed by atoms with E-state index in [1.807, 2.05) is 56.0 Å². The maximum absolute atomic E-state index is 13.0. The Morgan fingerprint density at radius 2 is 1.78 bits per heavy atom. The Morgan fingerprint density at radius 1 is 1.16 bits per heavy atom. The van der Waals surface area contributed by atoms with Gasteiger partial charge >= 0.3 is 0 Å². The third-order valence-corrected chi connectivity index (χ3v) is 8.55. The summed E-state index contributed by atoms with van der Waals surface area (Å²) in [5, 5.41) is 14.8. The van der Waals surface area contributed by atoms with E-state index >= 15 is 0 Å². The summed E-state index contributed by atoms with van der Waals surface area (Å²) in [6.45, 7) is 11.9.